The normalized spacial score (nSPS) is 19.9. The van der Waals surface area contributed by atoms with Crippen LogP contribution in [-0.4, -0.2) is 48.8 Å². The van der Waals surface area contributed by atoms with Gasteiger partial charge in [0.1, 0.15) is 11.9 Å². The predicted octanol–water partition coefficient (Wildman–Crippen LogP) is 1.39. The van der Waals surface area contributed by atoms with Gasteiger partial charge in [-0.1, -0.05) is 6.92 Å². The number of nitrogens with zero attached hydrogens (tertiary/aromatic N) is 3. The van der Waals surface area contributed by atoms with Crippen LogP contribution in [0.3, 0.4) is 0 Å². The van der Waals surface area contributed by atoms with Crippen LogP contribution in [0.1, 0.15) is 18.2 Å². The molecule has 1 aromatic rings. The molecule has 5 nitrogen and oxygen atoms in total. The third kappa shape index (κ3) is 3.66. The van der Waals surface area contributed by atoms with Crippen molar-refractivity contribution >= 4 is 5.82 Å². The SMILES string of the molecule is CCN1CCOC(CNc2nc(C)ccc2C#N)C1. The van der Waals surface area contributed by atoms with Crippen LogP contribution >= 0.6 is 0 Å². The minimum absolute atomic E-state index is 0.155. The van der Waals surface area contributed by atoms with Crippen molar-refractivity contribution in [3.8, 4) is 6.07 Å². The second kappa shape index (κ2) is 6.50. The van der Waals surface area contributed by atoms with Crippen LogP contribution in [0, 0.1) is 18.3 Å². The Kier molecular flexibility index (Phi) is 4.72. The van der Waals surface area contributed by atoms with Crippen molar-refractivity contribution in [1.29, 1.82) is 5.26 Å². The highest BCUT2D eigenvalue weighted by Crippen LogP contribution is 2.13. The summed E-state index contributed by atoms with van der Waals surface area (Å²) < 4.78 is 5.72. The average Bonchev–Trinajstić information content (AvgIpc) is 2.45. The van der Waals surface area contributed by atoms with E-state index >= 15 is 0 Å². The number of rotatable bonds is 4. The number of morpholine rings is 1. The standard InChI is InChI=1S/C14H20N4O/c1-3-18-6-7-19-13(10-18)9-16-14-12(8-15)5-4-11(2)17-14/h4-5,13H,3,6-7,9-10H2,1-2H3,(H,16,17). The number of hydrogen-bond donors (Lipinski definition) is 1. The summed E-state index contributed by atoms with van der Waals surface area (Å²) >= 11 is 0. The van der Waals surface area contributed by atoms with Gasteiger partial charge in [-0.3, -0.25) is 4.90 Å². The van der Waals surface area contributed by atoms with Crippen LogP contribution in [0.25, 0.3) is 0 Å². The van der Waals surface area contributed by atoms with Crippen molar-refractivity contribution in [2.24, 2.45) is 0 Å². The quantitative estimate of drug-likeness (QED) is 0.886. The molecule has 0 saturated carbocycles. The lowest BCUT2D eigenvalue weighted by molar-refractivity contribution is -0.0192. The Hall–Kier alpha value is -1.64. The van der Waals surface area contributed by atoms with E-state index in [0.29, 0.717) is 17.9 Å². The third-order valence-electron chi connectivity index (χ3n) is 3.32. The number of anilines is 1. The minimum Gasteiger partial charge on any atom is -0.374 e. The Labute approximate surface area is 114 Å². The van der Waals surface area contributed by atoms with E-state index in [9.17, 15) is 0 Å². The van der Waals surface area contributed by atoms with E-state index in [0.717, 1.165) is 31.9 Å². The Bertz CT molecular complexity index is 469. The van der Waals surface area contributed by atoms with Gasteiger partial charge in [0.25, 0.3) is 0 Å². The summed E-state index contributed by atoms with van der Waals surface area (Å²) in [7, 11) is 0. The highest BCUT2D eigenvalue weighted by Gasteiger charge is 2.19. The topological polar surface area (TPSA) is 61.2 Å². The lowest BCUT2D eigenvalue weighted by atomic mass is 10.2. The first-order valence-corrected chi connectivity index (χ1v) is 6.68. The molecule has 2 rings (SSSR count). The van der Waals surface area contributed by atoms with Gasteiger partial charge in [0.05, 0.1) is 18.3 Å². The van der Waals surface area contributed by atoms with Crippen LogP contribution in [0.2, 0.25) is 0 Å². The van der Waals surface area contributed by atoms with Crippen LogP contribution < -0.4 is 5.32 Å². The number of hydrogen-bond acceptors (Lipinski definition) is 5. The molecular weight excluding hydrogens is 240 g/mol. The van der Waals surface area contributed by atoms with Gasteiger partial charge in [0.2, 0.25) is 0 Å². The Balaban J connectivity index is 1.95. The number of likely N-dealkylation sites (N-methyl/N-ethyl adjacent to an activating group) is 1. The molecule has 5 heteroatoms. The van der Waals surface area contributed by atoms with Crippen LogP contribution in [0.5, 0.6) is 0 Å². The first-order chi connectivity index (χ1) is 9.22. The van der Waals surface area contributed by atoms with Gasteiger partial charge < -0.3 is 10.1 Å². The Morgan fingerprint density at radius 3 is 3.16 bits per heavy atom. The van der Waals surface area contributed by atoms with Crippen molar-refractivity contribution < 1.29 is 4.74 Å². The lowest BCUT2D eigenvalue weighted by Gasteiger charge is -2.32. The van der Waals surface area contributed by atoms with Crippen molar-refractivity contribution in [2.75, 3.05) is 38.1 Å². The van der Waals surface area contributed by atoms with E-state index < -0.39 is 0 Å². The van der Waals surface area contributed by atoms with Crippen LogP contribution in [0.15, 0.2) is 12.1 Å². The van der Waals surface area contributed by atoms with E-state index in [1.807, 2.05) is 13.0 Å². The number of nitrogens with one attached hydrogen (secondary N) is 1. The molecular formula is C14H20N4O. The minimum atomic E-state index is 0.155. The molecule has 19 heavy (non-hydrogen) atoms. The van der Waals surface area contributed by atoms with Gasteiger partial charge in [-0.05, 0) is 25.6 Å². The fourth-order valence-electron chi connectivity index (χ4n) is 2.18. The fourth-order valence-corrected chi connectivity index (χ4v) is 2.18. The number of aryl methyl sites for hydroxylation is 1. The molecule has 0 aromatic carbocycles. The molecule has 1 unspecified atom stereocenters. The van der Waals surface area contributed by atoms with E-state index in [1.54, 1.807) is 6.07 Å². The summed E-state index contributed by atoms with van der Waals surface area (Å²) in [6.07, 6.45) is 0.155. The maximum absolute atomic E-state index is 9.06. The molecule has 0 spiro atoms. The summed E-state index contributed by atoms with van der Waals surface area (Å²) in [5.74, 6) is 0.653. The zero-order valence-electron chi connectivity index (χ0n) is 11.5. The van der Waals surface area contributed by atoms with Gasteiger partial charge in [-0.25, -0.2) is 4.98 Å². The molecule has 1 aliphatic heterocycles. The van der Waals surface area contributed by atoms with Gasteiger partial charge in [0.15, 0.2) is 0 Å². The molecule has 1 aromatic heterocycles. The van der Waals surface area contributed by atoms with Crippen molar-refractivity contribution in [2.45, 2.75) is 20.0 Å². The molecule has 1 saturated heterocycles. The highest BCUT2D eigenvalue weighted by atomic mass is 16.5. The molecule has 0 aliphatic carbocycles. The predicted molar refractivity (Wildman–Crippen MR) is 74.0 cm³/mol. The monoisotopic (exact) mass is 260 g/mol. The second-order valence-corrected chi connectivity index (χ2v) is 4.73. The molecule has 102 valence electrons. The lowest BCUT2D eigenvalue weighted by Crippen LogP contribution is -2.45. The molecule has 1 fully saturated rings. The average molecular weight is 260 g/mol. The summed E-state index contributed by atoms with van der Waals surface area (Å²) in [6.45, 7) is 8.50. The number of nitriles is 1. The zero-order valence-corrected chi connectivity index (χ0v) is 11.5. The van der Waals surface area contributed by atoms with E-state index in [4.69, 9.17) is 10.00 Å². The number of pyridine rings is 1. The zero-order chi connectivity index (χ0) is 13.7. The Morgan fingerprint density at radius 2 is 2.42 bits per heavy atom. The number of ether oxygens (including phenoxy) is 1. The van der Waals surface area contributed by atoms with Gasteiger partial charge in [-0.15, -0.1) is 0 Å². The third-order valence-corrected chi connectivity index (χ3v) is 3.32. The molecule has 1 N–H and O–H groups in total. The number of aromatic nitrogens is 1. The van der Waals surface area contributed by atoms with E-state index in [1.165, 1.54) is 0 Å². The smallest absolute Gasteiger partial charge is 0.144 e. The van der Waals surface area contributed by atoms with Gasteiger partial charge in [0, 0.05) is 25.3 Å². The first kappa shape index (κ1) is 13.8. The van der Waals surface area contributed by atoms with Crippen LogP contribution in [-0.2, 0) is 4.74 Å². The Morgan fingerprint density at radius 1 is 1.58 bits per heavy atom. The van der Waals surface area contributed by atoms with Gasteiger partial charge >= 0.3 is 0 Å². The molecule has 2 heterocycles. The molecule has 1 aliphatic rings. The van der Waals surface area contributed by atoms with E-state index in [2.05, 4.69) is 28.2 Å². The summed E-state index contributed by atoms with van der Waals surface area (Å²) in [5, 5.41) is 12.3. The van der Waals surface area contributed by atoms with Crippen molar-refractivity contribution in [3.05, 3.63) is 23.4 Å². The van der Waals surface area contributed by atoms with Crippen LogP contribution in [0.4, 0.5) is 5.82 Å². The van der Waals surface area contributed by atoms with E-state index in [-0.39, 0.29) is 6.10 Å². The maximum atomic E-state index is 9.06. The second-order valence-electron chi connectivity index (χ2n) is 4.73. The largest absolute Gasteiger partial charge is 0.374 e. The van der Waals surface area contributed by atoms with Crippen molar-refractivity contribution in [3.63, 3.8) is 0 Å². The molecule has 0 amide bonds. The maximum Gasteiger partial charge on any atom is 0.144 e. The molecule has 0 bridgehead atoms. The summed E-state index contributed by atoms with van der Waals surface area (Å²) in [4.78, 5) is 6.73. The molecule has 0 radical (unpaired) electrons. The highest BCUT2D eigenvalue weighted by molar-refractivity contribution is 5.52. The summed E-state index contributed by atoms with van der Waals surface area (Å²) in [5.41, 5.74) is 1.48. The van der Waals surface area contributed by atoms with Gasteiger partial charge in [-0.2, -0.15) is 5.26 Å². The fraction of sp³-hybridized carbons (Fsp3) is 0.571. The summed E-state index contributed by atoms with van der Waals surface area (Å²) in [6, 6.07) is 5.80. The first-order valence-electron chi connectivity index (χ1n) is 6.68. The molecule has 1 atom stereocenters. The van der Waals surface area contributed by atoms with Crippen molar-refractivity contribution in [1.82, 2.24) is 9.88 Å².